The van der Waals surface area contributed by atoms with Gasteiger partial charge >= 0.3 is 0 Å². The minimum absolute atomic E-state index is 0.0369. The van der Waals surface area contributed by atoms with Crippen LogP contribution in [0, 0.1) is 6.92 Å². The minimum Gasteiger partial charge on any atom is -0.397 e. The number of rotatable bonds is 1. The molecule has 6 heteroatoms. The zero-order valence-corrected chi connectivity index (χ0v) is 13.4. The van der Waals surface area contributed by atoms with Crippen molar-refractivity contribution in [3.05, 3.63) is 22.7 Å². The molecule has 112 valence electrons. The van der Waals surface area contributed by atoms with Gasteiger partial charge in [-0.25, -0.2) is 4.98 Å². The summed E-state index contributed by atoms with van der Waals surface area (Å²) in [6.07, 6.45) is 1.76. The molecule has 21 heavy (non-hydrogen) atoms. The SMILES string of the molecule is Cc1ccnc2sc(C(=O)N3CCN(C)C(C)C3)c(N)c12. The van der Waals surface area contributed by atoms with Crippen LogP contribution < -0.4 is 5.73 Å². The van der Waals surface area contributed by atoms with E-state index in [-0.39, 0.29) is 5.91 Å². The highest BCUT2D eigenvalue weighted by Gasteiger charge is 2.28. The summed E-state index contributed by atoms with van der Waals surface area (Å²) in [5, 5.41) is 0.924. The smallest absolute Gasteiger partial charge is 0.266 e. The molecule has 0 bridgehead atoms. The maximum atomic E-state index is 12.8. The Morgan fingerprint density at radius 1 is 1.48 bits per heavy atom. The molecule has 0 spiro atoms. The van der Waals surface area contributed by atoms with Gasteiger partial charge in [0, 0.05) is 37.3 Å². The van der Waals surface area contributed by atoms with Crippen molar-refractivity contribution >= 4 is 33.1 Å². The molecule has 2 aromatic heterocycles. The first kappa shape index (κ1) is 14.3. The Balaban J connectivity index is 1.95. The molecule has 1 aliphatic rings. The second-order valence-corrected chi connectivity index (χ2v) is 6.73. The van der Waals surface area contributed by atoms with Crippen molar-refractivity contribution in [2.45, 2.75) is 19.9 Å². The maximum absolute atomic E-state index is 12.8. The van der Waals surface area contributed by atoms with Crippen LogP contribution in [0.1, 0.15) is 22.2 Å². The third-order valence-corrected chi connectivity index (χ3v) is 5.38. The third kappa shape index (κ3) is 2.38. The minimum atomic E-state index is 0.0369. The van der Waals surface area contributed by atoms with Crippen LogP contribution in [0.15, 0.2) is 12.3 Å². The second-order valence-electron chi connectivity index (χ2n) is 5.73. The van der Waals surface area contributed by atoms with Crippen LogP contribution in [0.25, 0.3) is 10.2 Å². The number of anilines is 1. The summed E-state index contributed by atoms with van der Waals surface area (Å²) in [4.78, 5) is 22.7. The molecular weight excluding hydrogens is 284 g/mol. The van der Waals surface area contributed by atoms with Crippen LogP contribution in [0.4, 0.5) is 5.69 Å². The number of carbonyl (C=O) groups is 1. The number of piperazine rings is 1. The molecule has 1 fully saturated rings. The van der Waals surface area contributed by atoms with Gasteiger partial charge in [-0.05, 0) is 32.5 Å². The van der Waals surface area contributed by atoms with Crippen molar-refractivity contribution in [2.24, 2.45) is 0 Å². The molecule has 0 radical (unpaired) electrons. The van der Waals surface area contributed by atoms with Crippen LogP contribution in [0.5, 0.6) is 0 Å². The van der Waals surface area contributed by atoms with E-state index in [1.54, 1.807) is 6.20 Å². The van der Waals surface area contributed by atoms with E-state index < -0.39 is 0 Å². The Morgan fingerprint density at radius 3 is 2.90 bits per heavy atom. The lowest BCUT2D eigenvalue weighted by Crippen LogP contribution is -2.51. The van der Waals surface area contributed by atoms with Crippen LogP contribution in [0.2, 0.25) is 0 Å². The number of nitrogen functional groups attached to an aromatic ring is 1. The number of fused-ring (bicyclic) bond motifs is 1. The predicted molar refractivity (Wildman–Crippen MR) is 86.8 cm³/mol. The summed E-state index contributed by atoms with van der Waals surface area (Å²) in [7, 11) is 2.09. The van der Waals surface area contributed by atoms with Crippen molar-refractivity contribution in [3.63, 3.8) is 0 Å². The Hall–Kier alpha value is -1.66. The number of hydrogen-bond donors (Lipinski definition) is 1. The monoisotopic (exact) mass is 304 g/mol. The van der Waals surface area contributed by atoms with Crippen molar-refractivity contribution in [1.29, 1.82) is 0 Å². The summed E-state index contributed by atoms with van der Waals surface area (Å²) >= 11 is 1.40. The molecular formula is C15H20N4OS. The Bertz CT molecular complexity index is 696. The first-order chi connectivity index (χ1) is 9.99. The van der Waals surface area contributed by atoms with Gasteiger partial charge in [0.1, 0.15) is 9.71 Å². The number of carbonyl (C=O) groups excluding carboxylic acids is 1. The van der Waals surface area contributed by atoms with Crippen molar-refractivity contribution in [1.82, 2.24) is 14.8 Å². The van der Waals surface area contributed by atoms with Crippen molar-refractivity contribution < 1.29 is 4.79 Å². The summed E-state index contributed by atoms with van der Waals surface area (Å²) in [5.41, 5.74) is 7.87. The van der Waals surface area contributed by atoms with Gasteiger partial charge in [-0.1, -0.05) is 0 Å². The Kier molecular flexibility index (Phi) is 3.59. The van der Waals surface area contributed by atoms with Crippen LogP contribution in [-0.4, -0.2) is 53.4 Å². The summed E-state index contributed by atoms with van der Waals surface area (Å²) in [6.45, 7) is 6.53. The normalized spacial score (nSPS) is 20.1. The van der Waals surface area contributed by atoms with E-state index in [2.05, 4.69) is 23.9 Å². The summed E-state index contributed by atoms with van der Waals surface area (Å²) in [5.74, 6) is 0.0369. The zero-order chi connectivity index (χ0) is 15.1. The average molecular weight is 304 g/mol. The lowest BCUT2D eigenvalue weighted by atomic mass is 10.1. The average Bonchev–Trinajstić information content (AvgIpc) is 2.80. The Morgan fingerprint density at radius 2 is 2.24 bits per heavy atom. The standard InChI is InChI=1S/C15H20N4OS/c1-9-4-5-17-14-11(9)12(16)13(21-14)15(20)19-7-6-18(3)10(2)8-19/h4-5,10H,6-8,16H2,1-3H3. The number of aromatic nitrogens is 1. The number of hydrogen-bond acceptors (Lipinski definition) is 5. The maximum Gasteiger partial charge on any atom is 0.266 e. The molecule has 1 unspecified atom stereocenters. The van der Waals surface area contributed by atoms with E-state index in [1.165, 1.54) is 11.3 Å². The van der Waals surface area contributed by atoms with E-state index in [0.29, 0.717) is 16.6 Å². The molecule has 0 saturated carbocycles. The molecule has 2 aromatic rings. The van der Waals surface area contributed by atoms with Gasteiger partial charge < -0.3 is 15.5 Å². The van der Waals surface area contributed by atoms with Gasteiger partial charge in [-0.2, -0.15) is 0 Å². The molecule has 2 N–H and O–H groups in total. The summed E-state index contributed by atoms with van der Waals surface area (Å²) in [6, 6.07) is 2.30. The molecule has 5 nitrogen and oxygen atoms in total. The zero-order valence-electron chi connectivity index (χ0n) is 12.6. The predicted octanol–water partition coefficient (Wildman–Crippen LogP) is 1.96. The van der Waals surface area contributed by atoms with Gasteiger partial charge in [0.05, 0.1) is 5.69 Å². The number of aryl methyl sites for hydroxylation is 1. The number of nitrogens with zero attached hydrogens (tertiary/aromatic N) is 3. The number of amides is 1. The number of likely N-dealkylation sites (N-methyl/N-ethyl adjacent to an activating group) is 1. The Labute approximate surface area is 128 Å². The largest absolute Gasteiger partial charge is 0.397 e. The topological polar surface area (TPSA) is 62.5 Å². The molecule has 0 aliphatic carbocycles. The van der Waals surface area contributed by atoms with E-state index in [4.69, 9.17) is 5.73 Å². The molecule has 0 aromatic carbocycles. The van der Waals surface area contributed by atoms with Crippen molar-refractivity contribution in [3.8, 4) is 0 Å². The van der Waals surface area contributed by atoms with Gasteiger partial charge in [-0.15, -0.1) is 11.3 Å². The van der Waals surface area contributed by atoms with E-state index in [0.717, 1.165) is 35.4 Å². The lowest BCUT2D eigenvalue weighted by Gasteiger charge is -2.37. The quantitative estimate of drug-likeness (QED) is 0.875. The van der Waals surface area contributed by atoms with Crippen LogP contribution in [-0.2, 0) is 0 Å². The van der Waals surface area contributed by atoms with E-state index in [1.807, 2.05) is 17.9 Å². The molecule has 1 amide bonds. The van der Waals surface area contributed by atoms with Crippen LogP contribution in [0.3, 0.4) is 0 Å². The fraction of sp³-hybridized carbons (Fsp3) is 0.467. The summed E-state index contributed by atoms with van der Waals surface area (Å²) < 4.78 is 0. The number of thiophene rings is 1. The second kappa shape index (κ2) is 5.27. The van der Waals surface area contributed by atoms with E-state index in [9.17, 15) is 4.79 Å². The van der Waals surface area contributed by atoms with Crippen molar-refractivity contribution in [2.75, 3.05) is 32.4 Å². The number of pyridine rings is 1. The molecule has 1 saturated heterocycles. The van der Waals surface area contributed by atoms with Gasteiger partial charge in [0.2, 0.25) is 0 Å². The van der Waals surface area contributed by atoms with Crippen LogP contribution >= 0.6 is 11.3 Å². The highest BCUT2D eigenvalue weighted by Crippen LogP contribution is 2.35. The highest BCUT2D eigenvalue weighted by molar-refractivity contribution is 7.21. The number of nitrogens with two attached hydrogens (primary N) is 1. The molecule has 3 rings (SSSR count). The lowest BCUT2D eigenvalue weighted by molar-refractivity contribution is 0.0578. The first-order valence-corrected chi connectivity index (χ1v) is 7.93. The fourth-order valence-electron chi connectivity index (χ4n) is 2.74. The highest BCUT2D eigenvalue weighted by atomic mass is 32.1. The van der Waals surface area contributed by atoms with E-state index >= 15 is 0 Å². The molecule has 1 atom stereocenters. The molecule has 1 aliphatic heterocycles. The first-order valence-electron chi connectivity index (χ1n) is 7.12. The molecule has 3 heterocycles. The third-order valence-electron chi connectivity index (χ3n) is 4.28. The van der Waals surface area contributed by atoms with Gasteiger partial charge in [0.15, 0.2) is 0 Å². The fourth-order valence-corrected chi connectivity index (χ4v) is 3.85. The van der Waals surface area contributed by atoms with Gasteiger partial charge in [0.25, 0.3) is 5.91 Å². The van der Waals surface area contributed by atoms with Gasteiger partial charge in [-0.3, -0.25) is 4.79 Å².